The first kappa shape index (κ1) is 32.0. The molecule has 41 heavy (non-hydrogen) atoms. The van der Waals surface area contributed by atoms with E-state index in [1.54, 1.807) is 60.7 Å². The number of hydrogen-bond donors (Lipinski definition) is 1. The number of methoxy groups -OCH3 is 1. The number of anilines is 1. The first-order valence-corrected chi connectivity index (χ1v) is 15.2. The summed E-state index contributed by atoms with van der Waals surface area (Å²) in [6.07, 6.45) is 0.320. The molecule has 3 aromatic rings. The number of ether oxygens (including phenoxy) is 1. The predicted molar refractivity (Wildman–Crippen MR) is 163 cm³/mol. The molecule has 0 bridgehead atoms. The van der Waals surface area contributed by atoms with Crippen molar-refractivity contribution in [2.45, 2.75) is 64.1 Å². The highest BCUT2D eigenvalue weighted by Gasteiger charge is 2.35. The predicted octanol–water partition coefficient (Wildman–Crippen LogP) is 5.57. The minimum atomic E-state index is -4.20. The molecule has 1 unspecified atom stereocenters. The van der Waals surface area contributed by atoms with Crippen LogP contribution in [0.4, 0.5) is 5.69 Å². The Morgan fingerprint density at radius 2 is 1.59 bits per heavy atom. The number of nitrogens with one attached hydrogen (secondary N) is 1. The van der Waals surface area contributed by atoms with Crippen LogP contribution in [0.25, 0.3) is 0 Å². The van der Waals surface area contributed by atoms with E-state index in [0.717, 1.165) is 15.4 Å². The number of benzene rings is 3. The maximum Gasteiger partial charge on any atom is 0.264 e. The van der Waals surface area contributed by atoms with E-state index in [-0.39, 0.29) is 28.8 Å². The molecule has 0 saturated heterocycles. The molecule has 10 heteroatoms. The van der Waals surface area contributed by atoms with Crippen molar-refractivity contribution in [1.29, 1.82) is 0 Å². The van der Waals surface area contributed by atoms with Crippen molar-refractivity contribution in [2.24, 2.45) is 0 Å². The zero-order valence-electron chi connectivity index (χ0n) is 24.3. The van der Waals surface area contributed by atoms with Crippen molar-refractivity contribution in [1.82, 2.24) is 10.2 Å². The normalized spacial score (nSPS) is 12.4. The fourth-order valence-electron chi connectivity index (χ4n) is 4.35. The van der Waals surface area contributed by atoms with Crippen molar-refractivity contribution in [3.8, 4) is 5.75 Å². The number of para-hydroxylation sites is 2. The topological polar surface area (TPSA) is 96.0 Å². The van der Waals surface area contributed by atoms with Gasteiger partial charge in [0.15, 0.2) is 0 Å². The van der Waals surface area contributed by atoms with Crippen LogP contribution in [0.15, 0.2) is 77.7 Å². The summed E-state index contributed by atoms with van der Waals surface area (Å²) >= 11 is 6.08. The number of rotatable bonds is 11. The Hall–Kier alpha value is -3.56. The molecular formula is C31H38ClN3O5S. The Balaban J connectivity index is 2.10. The highest BCUT2D eigenvalue weighted by Crippen LogP contribution is 2.32. The zero-order chi connectivity index (χ0) is 30.4. The second-order valence-corrected chi connectivity index (χ2v) is 13.1. The molecule has 0 radical (unpaired) electrons. The first-order chi connectivity index (χ1) is 19.3. The van der Waals surface area contributed by atoms with Gasteiger partial charge in [-0.05, 0) is 76.1 Å². The average Bonchev–Trinajstić information content (AvgIpc) is 2.91. The van der Waals surface area contributed by atoms with E-state index < -0.39 is 34.1 Å². The second-order valence-electron chi connectivity index (χ2n) is 10.8. The summed E-state index contributed by atoms with van der Waals surface area (Å²) in [6.45, 7) is 8.79. The van der Waals surface area contributed by atoms with Crippen LogP contribution in [0.3, 0.4) is 0 Å². The molecule has 3 rings (SSSR count). The maximum atomic E-state index is 14.2. The van der Waals surface area contributed by atoms with E-state index in [9.17, 15) is 18.0 Å². The first-order valence-electron chi connectivity index (χ1n) is 13.3. The molecule has 8 nitrogen and oxygen atoms in total. The molecule has 1 atom stereocenters. The number of halogens is 1. The van der Waals surface area contributed by atoms with Crippen molar-refractivity contribution >= 4 is 39.1 Å². The fourth-order valence-corrected chi connectivity index (χ4v) is 5.90. The molecule has 3 aromatic carbocycles. The lowest BCUT2D eigenvalue weighted by Gasteiger charge is -2.35. The number of carbonyl (C=O) groups is 2. The summed E-state index contributed by atoms with van der Waals surface area (Å²) in [4.78, 5) is 29.0. The lowest BCUT2D eigenvalue weighted by molar-refractivity contribution is -0.141. The van der Waals surface area contributed by atoms with Crippen LogP contribution in [0.2, 0.25) is 5.02 Å². The summed E-state index contributed by atoms with van der Waals surface area (Å²) in [5, 5.41) is 3.50. The van der Waals surface area contributed by atoms with Gasteiger partial charge in [-0.2, -0.15) is 0 Å². The lowest BCUT2D eigenvalue weighted by atomic mass is 10.1. The number of hydrogen-bond acceptors (Lipinski definition) is 5. The van der Waals surface area contributed by atoms with Crippen LogP contribution in [-0.2, 0) is 26.2 Å². The van der Waals surface area contributed by atoms with Gasteiger partial charge >= 0.3 is 0 Å². The van der Waals surface area contributed by atoms with E-state index in [1.807, 2.05) is 34.6 Å². The van der Waals surface area contributed by atoms with Crippen LogP contribution in [0, 0.1) is 6.92 Å². The molecule has 0 aliphatic heterocycles. The van der Waals surface area contributed by atoms with Gasteiger partial charge in [0.25, 0.3) is 10.0 Å². The third-order valence-electron chi connectivity index (χ3n) is 6.39. The van der Waals surface area contributed by atoms with Crippen LogP contribution >= 0.6 is 11.6 Å². The highest BCUT2D eigenvalue weighted by molar-refractivity contribution is 7.92. The largest absolute Gasteiger partial charge is 0.495 e. The molecule has 0 spiro atoms. The van der Waals surface area contributed by atoms with E-state index in [0.29, 0.717) is 11.4 Å². The van der Waals surface area contributed by atoms with Crippen molar-refractivity contribution in [2.75, 3.05) is 18.0 Å². The quantitative estimate of drug-likeness (QED) is 0.311. The molecule has 0 saturated carbocycles. The summed E-state index contributed by atoms with van der Waals surface area (Å²) in [7, 11) is -2.77. The van der Waals surface area contributed by atoms with E-state index in [2.05, 4.69) is 5.32 Å². The maximum absolute atomic E-state index is 14.2. The molecule has 0 aliphatic rings. The minimum absolute atomic E-state index is 0.0311. The Kier molecular flexibility index (Phi) is 10.4. The molecule has 1 N–H and O–H groups in total. The van der Waals surface area contributed by atoms with Crippen molar-refractivity contribution < 1.29 is 22.7 Å². The fraction of sp³-hybridized carbons (Fsp3) is 0.355. The van der Waals surface area contributed by atoms with Gasteiger partial charge in [-0.15, -0.1) is 0 Å². The van der Waals surface area contributed by atoms with E-state index >= 15 is 0 Å². The third-order valence-corrected chi connectivity index (χ3v) is 8.42. The summed E-state index contributed by atoms with van der Waals surface area (Å²) in [6, 6.07) is 19.2. The van der Waals surface area contributed by atoms with Crippen LogP contribution in [-0.4, -0.2) is 50.4 Å². The minimum Gasteiger partial charge on any atom is -0.495 e. The lowest BCUT2D eigenvalue weighted by Crippen LogP contribution is -2.55. The number of aryl methyl sites for hydroxylation is 1. The highest BCUT2D eigenvalue weighted by atomic mass is 35.5. The van der Waals surface area contributed by atoms with E-state index in [1.165, 1.54) is 24.1 Å². The van der Waals surface area contributed by atoms with Crippen LogP contribution in [0.5, 0.6) is 5.75 Å². The van der Waals surface area contributed by atoms with Gasteiger partial charge in [0.2, 0.25) is 11.8 Å². The zero-order valence-corrected chi connectivity index (χ0v) is 25.9. The number of sulfonamides is 1. The third kappa shape index (κ3) is 8.24. The Morgan fingerprint density at radius 1 is 0.976 bits per heavy atom. The standard InChI is InChI=1S/C31H38ClN3O5S/c1-7-26(30(37)33-31(3,4)5)34(20-23-14-16-24(32)17-15-23)29(36)21-35(27-10-8-9-11-28(27)40-6)41(38,39)25-18-12-22(2)13-19-25/h8-19,26H,7,20-21H2,1-6H3,(H,33,37). The summed E-state index contributed by atoms with van der Waals surface area (Å²) in [5.41, 5.74) is 1.32. The molecule has 220 valence electrons. The Morgan fingerprint density at radius 3 is 2.15 bits per heavy atom. The van der Waals surface area contributed by atoms with Gasteiger partial charge < -0.3 is 15.0 Å². The van der Waals surface area contributed by atoms with Gasteiger partial charge in [-0.25, -0.2) is 8.42 Å². The van der Waals surface area contributed by atoms with Gasteiger partial charge in [-0.1, -0.05) is 60.5 Å². The molecule has 0 fully saturated rings. The van der Waals surface area contributed by atoms with E-state index in [4.69, 9.17) is 16.3 Å². The van der Waals surface area contributed by atoms with Gasteiger partial charge in [0.05, 0.1) is 17.7 Å². The van der Waals surface area contributed by atoms with Gasteiger partial charge in [0, 0.05) is 17.1 Å². The number of carbonyl (C=O) groups excluding carboxylic acids is 2. The second kappa shape index (κ2) is 13.4. The molecular weight excluding hydrogens is 562 g/mol. The van der Waals surface area contributed by atoms with Crippen molar-refractivity contribution in [3.05, 3.63) is 88.9 Å². The van der Waals surface area contributed by atoms with Gasteiger partial charge in [-0.3, -0.25) is 13.9 Å². The van der Waals surface area contributed by atoms with Gasteiger partial charge in [0.1, 0.15) is 18.3 Å². The molecule has 0 heterocycles. The van der Waals surface area contributed by atoms with Crippen LogP contribution in [0.1, 0.15) is 45.2 Å². The number of nitrogens with zero attached hydrogens (tertiary/aromatic N) is 2. The summed E-state index contributed by atoms with van der Waals surface area (Å²) in [5.74, 6) is -0.581. The van der Waals surface area contributed by atoms with Crippen molar-refractivity contribution in [3.63, 3.8) is 0 Å². The van der Waals surface area contributed by atoms with Crippen LogP contribution < -0.4 is 14.4 Å². The monoisotopic (exact) mass is 599 g/mol. The number of amides is 2. The SMILES string of the molecule is CCC(C(=O)NC(C)(C)C)N(Cc1ccc(Cl)cc1)C(=O)CN(c1ccccc1OC)S(=O)(=O)c1ccc(C)cc1. The molecule has 2 amide bonds. The molecule has 0 aromatic heterocycles. The Bertz CT molecular complexity index is 1450. The summed E-state index contributed by atoms with van der Waals surface area (Å²) < 4.78 is 34.6. The average molecular weight is 600 g/mol. The Labute approximate surface area is 248 Å². The molecule has 0 aliphatic carbocycles. The smallest absolute Gasteiger partial charge is 0.264 e.